The molecule has 1 fully saturated rings. The van der Waals surface area contributed by atoms with Gasteiger partial charge in [-0.05, 0) is 18.4 Å². The maximum Gasteiger partial charge on any atom is 0.305 e. The Kier molecular flexibility index (Phi) is 5.75. The molecule has 1 aromatic rings. The van der Waals surface area contributed by atoms with Gasteiger partial charge in [0, 0.05) is 32.1 Å². The minimum Gasteiger partial charge on any atom is -0.481 e. The van der Waals surface area contributed by atoms with Crippen LogP contribution in [-0.2, 0) is 16.1 Å². The number of nitrogens with zero attached hydrogens (tertiary/aromatic N) is 1. The Morgan fingerprint density at radius 1 is 1.19 bits per heavy atom. The number of aliphatic carboxylic acids is 1. The second kappa shape index (κ2) is 7.78. The lowest BCUT2D eigenvalue weighted by molar-refractivity contribution is -0.138. The molecule has 0 bridgehead atoms. The average Bonchev–Trinajstić information content (AvgIpc) is 3.28. The van der Waals surface area contributed by atoms with E-state index in [-0.39, 0.29) is 18.9 Å². The van der Waals surface area contributed by atoms with Crippen LogP contribution in [0, 0.1) is 0 Å². The van der Waals surface area contributed by atoms with Crippen LogP contribution in [0.5, 0.6) is 0 Å². The lowest BCUT2D eigenvalue weighted by Crippen LogP contribution is -2.34. The van der Waals surface area contributed by atoms with Crippen molar-refractivity contribution < 1.29 is 14.7 Å². The number of carboxylic acids is 1. The van der Waals surface area contributed by atoms with E-state index < -0.39 is 5.97 Å². The van der Waals surface area contributed by atoms with Crippen molar-refractivity contribution in [3.05, 3.63) is 35.9 Å². The fourth-order valence-corrected chi connectivity index (χ4v) is 2.16. The predicted molar refractivity (Wildman–Crippen MR) is 79.8 cm³/mol. The Labute approximate surface area is 125 Å². The highest BCUT2D eigenvalue weighted by atomic mass is 16.4. The zero-order valence-corrected chi connectivity index (χ0v) is 12.1. The van der Waals surface area contributed by atoms with Crippen LogP contribution in [0.1, 0.15) is 31.2 Å². The fourth-order valence-electron chi connectivity index (χ4n) is 2.16. The van der Waals surface area contributed by atoms with Gasteiger partial charge in [0.1, 0.15) is 0 Å². The van der Waals surface area contributed by atoms with Gasteiger partial charge in [0.05, 0.1) is 6.42 Å². The first-order chi connectivity index (χ1) is 10.1. The minimum absolute atomic E-state index is 0.00764. The van der Waals surface area contributed by atoms with Crippen molar-refractivity contribution in [2.45, 2.75) is 38.3 Å². The Balaban J connectivity index is 1.86. The van der Waals surface area contributed by atoms with Gasteiger partial charge in [-0.2, -0.15) is 0 Å². The predicted octanol–water partition coefficient (Wildman–Crippen LogP) is 1.63. The molecular formula is C16H22N2O3. The molecule has 0 saturated heterocycles. The summed E-state index contributed by atoms with van der Waals surface area (Å²) in [5, 5.41) is 12.1. The monoisotopic (exact) mass is 290 g/mol. The summed E-state index contributed by atoms with van der Waals surface area (Å²) in [4.78, 5) is 24.6. The van der Waals surface area contributed by atoms with Gasteiger partial charge >= 0.3 is 5.97 Å². The summed E-state index contributed by atoms with van der Waals surface area (Å²) in [5.74, 6) is -0.870. The minimum atomic E-state index is -0.878. The van der Waals surface area contributed by atoms with Crippen molar-refractivity contribution >= 4 is 11.9 Å². The van der Waals surface area contributed by atoms with Crippen LogP contribution in [0.4, 0.5) is 0 Å². The van der Waals surface area contributed by atoms with E-state index in [0.29, 0.717) is 25.6 Å². The molecule has 2 rings (SSSR count). The topological polar surface area (TPSA) is 69.6 Å². The number of carbonyl (C=O) groups is 2. The normalized spacial score (nSPS) is 13.9. The molecule has 1 aliphatic carbocycles. The van der Waals surface area contributed by atoms with Crippen molar-refractivity contribution in [2.24, 2.45) is 0 Å². The number of benzene rings is 1. The number of nitrogens with one attached hydrogen (secondary N) is 1. The van der Waals surface area contributed by atoms with E-state index in [1.807, 2.05) is 30.3 Å². The average molecular weight is 290 g/mol. The van der Waals surface area contributed by atoms with Crippen LogP contribution in [0.3, 0.4) is 0 Å². The van der Waals surface area contributed by atoms with Crippen molar-refractivity contribution in [2.75, 3.05) is 13.1 Å². The smallest absolute Gasteiger partial charge is 0.305 e. The molecule has 114 valence electrons. The van der Waals surface area contributed by atoms with Crippen molar-refractivity contribution in [3.8, 4) is 0 Å². The molecule has 21 heavy (non-hydrogen) atoms. The van der Waals surface area contributed by atoms with Gasteiger partial charge < -0.3 is 15.3 Å². The van der Waals surface area contributed by atoms with Crippen LogP contribution >= 0.6 is 0 Å². The largest absolute Gasteiger partial charge is 0.481 e. The molecule has 1 amide bonds. The summed E-state index contributed by atoms with van der Waals surface area (Å²) in [6.07, 6.45) is 2.79. The standard InChI is InChI=1S/C16H22N2O3/c19-15(8-10-17-14-6-7-14)18(11-9-16(20)21)12-13-4-2-1-3-5-13/h1-5,14,17H,6-12H2,(H,20,21). The number of carbonyl (C=O) groups excluding carboxylic acids is 1. The summed E-state index contributed by atoms with van der Waals surface area (Å²) in [5.41, 5.74) is 1.02. The van der Waals surface area contributed by atoms with Gasteiger partial charge in [-0.3, -0.25) is 9.59 Å². The SMILES string of the molecule is O=C(O)CCN(Cc1ccccc1)C(=O)CCNC1CC1. The Hall–Kier alpha value is -1.88. The quantitative estimate of drug-likeness (QED) is 0.725. The lowest BCUT2D eigenvalue weighted by atomic mass is 10.2. The molecule has 0 heterocycles. The van der Waals surface area contributed by atoms with E-state index in [0.717, 1.165) is 5.56 Å². The number of amides is 1. The molecule has 0 unspecified atom stereocenters. The van der Waals surface area contributed by atoms with E-state index in [1.54, 1.807) is 4.90 Å². The first kappa shape index (κ1) is 15.5. The molecular weight excluding hydrogens is 268 g/mol. The van der Waals surface area contributed by atoms with E-state index in [9.17, 15) is 9.59 Å². The second-order valence-electron chi connectivity index (χ2n) is 5.42. The summed E-state index contributed by atoms with van der Waals surface area (Å²) in [7, 11) is 0. The molecule has 0 atom stereocenters. The van der Waals surface area contributed by atoms with Gasteiger partial charge in [0.25, 0.3) is 0 Å². The molecule has 0 aliphatic heterocycles. The maximum atomic E-state index is 12.3. The van der Waals surface area contributed by atoms with Crippen LogP contribution in [-0.4, -0.2) is 41.0 Å². The van der Waals surface area contributed by atoms with E-state index in [2.05, 4.69) is 5.32 Å². The molecule has 0 aromatic heterocycles. The van der Waals surface area contributed by atoms with Crippen LogP contribution in [0.15, 0.2) is 30.3 Å². The lowest BCUT2D eigenvalue weighted by Gasteiger charge is -2.22. The Morgan fingerprint density at radius 3 is 2.52 bits per heavy atom. The number of hydrogen-bond acceptors (Lipinski definition) is 3. The summed E-state index contributed by atoms with van der Waals surface area (Å²) >= 11 is 0. The number of hydrogen-bond donors (Lipinski definition) is 2. The van der Waals surface area contributed by atoms with Gasteiger partial charge in [0.15, 0.2) is 0 Å². The highest BCUT2D eigenvalue weighted by Gasteiger charge is 2.21. The number of carboxylic acid groups (broad SMARTS) is 1. The maximum absolute atomic E-state index is 12.3. The molecule has 2 N–H and O–H groups in total. The van der Waals surface area contributed by atoms with Gasteiger partial charge in [-0.15, -0.1) is 0 Å². The van der Waals surface area contributed by atoms with Crippen LogP contribution in [0.2, 0.25) is 0 Å². The third kappa shape index (κ3) is 5.95. The van der Waals surface area contributed by atoms with Gasteiger partial charge in [-0.1, -0.05) is 30.3 Å². The van der Waals surface area contributed by atoms with Crippen LogP contribution in [0.25, 0.3) is 0 Å². The zero-order valence-electron chi connectivity index (χ0n) is 12.1. The molecule has 1 aromatic carbocycles. The van der Waals surface area contributed by atoms with Gasteiger partial charge in [0.2, 0.25) is 5.91 Å². The Morgan fingerprint density at radius 2 is 1.90 bits per heavy atom. The van der Waals surface area contributed by atoms with E-state index in [4.69, 9.17) is 5.11 Å². The van der Waals surface area contributed by atoms with Crippen molar-refractivity contribution in [1.29, 1.82) is 0 Å². The first-order valence-corrected chi connectivity index (χ1v) is 7.42. The molecule has 1 aliphatic rings. The third-order valence-electron chi connectivity index (χ3n) is 3.51. The Bertz CT molecular complexity index is 472. The summed E-state index contributed by atoms with van der Waals surface area (Å²) in [6.45, 7) is 1.39. The highest BCUT2D eigenvalue weighted by Crippen LogP contribution is 2.18. The highest BCUT2D eigenvalue weighted by molar-refractivity contribution is 5.77. The molecule has 5 nitrogen and oxygen atoms in total. The summed E-state index contributed by atoms with van der Waals surface area (Å²) < 4.78 is 0. The second-order valence-corrected chi connectivity index (χ2v) is 5.42. The molecule has 0 spiro atoms. The summed E-state index contributed by atoms with van der Waals surface area (Å²) in [6, 6.07) is 10.2. The van der Waals surface area contributed by atoms with Gasteiger partial charge in [-0.25, -0.2) is 0 Å². The molecule has 0 radical (unpaired) electrons. The third-order valence-corrected chi connectivity index (χ3v) is 3.51. The zero-order chi connectivity index (χ0) is 15.1. The van der Waals surface area contributed by atoms with Crippen molar-refractivity contribution in [1.82, 2.24) is 10.2 Å². The molecule has 5 heteroatoms. The fraction of sp³-hybridized carbons (Fsp3) is 0.500. The first-order valence-electron chi connectivity index (χ1n) is 7.42. The van der Waals surface area contributed by atoms with Crippen LogP contribution < -0.4 is 5.32 Å². The van der Waals surface area contributed by atoms with E-state index >= 15 is 0 Å². The van der Waals surface area contributed by atoms with Crippen molar-refractivity contribution in [3.63, 3.8) is 0 Å². The van der Waals surface area contributed by atoms with E-state index in [1.165, 1.54) is 12.8 Å². The molecule has 1 saturated carbocycles. The number of rotatable bonds is 9.